The van der Waals surface area contributed by atoms with Gasteiger partial charge in [0.25, 0.3) is 11.4 Å². The molecule has 0 unspecified atom stereocenters. The van der Waals surface area contributed by atoms with Crippen molar-refractivity contribution in [3.8, 4) is 12.1 Å². The topological polar surface area (TPSA) is 146 Å². The number of nitro groups is 2. The highest BCUT2D eigenvalue weighted by molar-refractivity contribution is 6.05. The van der Waals surface area contributed by atoms with Crippen molar-refractivity contribution in [1.82, 2.24) is 0 Å². The molecule has 9 heteroatoms. The first-order valence-electron chi connectivity index (χ1n) is 7.52. The third-order valence-electron chi connectivity index (χ3n) is 3.92. The van der Waals surface area contributed by atoms with E-state index in [9.17, 15) is 25.5 Å². The second-order valence-electron chi connectivity index (χ2n) is 5.46. The van der Waals surface area contributed by atoms with E-state index < -0.39 is 15.5 Å². The largest absolute Gasteiger partial charge is 0.348 e. The van der Waals surface area contributed by atoms with E-state index in [1.807, 2.05) is 12.1 Å². The summed E-state index contributed by atoms with van der Waals surface area (Å²) in [5.41, 5.74) is -0.219. The molecule has 0 aromatic heterocycles. The molecule has 3 aromatic carbocycles. The Labute approximate surface area is 152 Å². The number of nitriles is 2. The molecule has 0 aliphatic heterocycles. The molecule has 0 amide bonds. The van der Waals surface area contributed by atoms with Gasteiger partial charge in [-0.25, -0.2) is 0 Å². The maximum atomic E-state index is 11.5. The summed E-state index contributed by atoms with van der Waals surface area (Å²) in [6, 6.07) is 15.2. The van der Waals surface area contributed by atoms with Crippen molar-refractivity contribution in [2.45, 2.75) is 0 Å². The number of non-ortho nitro benzene ring substituents is 1. The van der Waals surface area contributed by atoms with E-state index in [1.54, 1.807) is 12.1 Å². The zero-order valence-corrected chi connectivity index (χ0v) is 13.5. The molecule has 0 saturated heterocycles. The van der Waals surface area contributed by atoms with Crippen LogP contribution in [0.1, 0.15) is 11.1 Å². The van der Waals surface area contributed by atoms with E-state index >= 15 is 0 Å². The van der Waals surface area contributed by atoms with Crippen molar-refractivity contribution in [2.24, 2.45) is 0 Å². The summed E-state index contributed by atoms with van der Waals surface area (Å²) in [5.74, 6) is 0. The normalized spacial score (nSPS) is 10.0. The van der Waals surface area contributed by atoms with Crippen LogP contribution in [-0.2, 0) is 0 Å². The molecule has 0 spiro atoms. The van der Waals surface area contributed by atoms with E-state index in [0.29, 0.717) is 0 Å². The first kappa shape index (κ1) is 17.3. The third kappa shape index (κ3) is 3.08. The van der Waals surface area contributed by atoms with Crippen LogP contribution in [0.3, 0.4) is 0 Å². The van der Waals surface area contributed by atoms with E-state index in [0.717, 1.165) is 6.07 Å². The van der Waals surface area contributed by atoms with E-state index in [2.05, 4.69) is 5.32 Å². The minimum absolute atomic E-state index is 0.0300. The number of benzene rings is 3. The van der Waals surface area contributed by atoms with Gasteiger partial charge in [0.1, 0.15) is 11.8 Å². The maximum absolute atomic E-state index is 11.5. The number of rotatable bonds is 4. The number of nitrogens with zero attached hydrogens (tertiary/aromatic N) is 4. The van der Waals surface area contributed by atoms with Crippen molar-refractivity contribution in [3.05, 3.63) is 79.9 Å². The molecule has 0 radical (unpaired) electrons. The monoisotopic (exact) mass is 359 g/mol. The number of nitrogens with one attached hydrogen (secondary N) is 1. The Morgan fingerprint density at radius 2 is 1.52 bits per heavy atom. The SMILES string of the molecule is N#Cc1ccc(Nc2c([N+](=O)[O-])cc([N+](=O)[O-])c3ccccc23)c(C#N)c1. The van der Waals surface area contributed by atoms with Gasteiger partial charge in [0.2, 0.25) is 0 Å². The Morgan fingerprint density at radius 1 is 0.852 bits per heavy atom. The fourth-order valence-electron chi connectivity index (χ4n) is 2.72. The van der Waals surface area contributed by atoms with Gasteiger partial charge in [-0.2, -0.15) is 10.5 Å². The number of hydrogen-bond donors (Lipinski definition) is 1. The molecule has 0 saturated carbocycles. The van der Waals surface area contributed by atoms with Crippen LogP contribution in [-0.4, -0.2) is 9.85 Å². The Hall–Kier alpha value is -4.50. The summed E-state index contributed by atoms with van der Waals surface area (Å²) in [6.07, 6.45) is 0. The summed E-state index contributed by atoms with van der Waals surface area (Å²) in [6.45, 7) is 0. The van der Waals surface area contributed by atoms with Crippen LogP contribution in [0.15, 0.2) is 48.5 Å². The van der Waals surface area contributed by atoms with Gasteiger partial charge in [-0.15, -0.1) is 0 Å². The first-order valence-corrected chi connectivity index (χ1v) is 7.52. The molecule has 3 rings (SSSR count). The summed E-state index contributed by atoms with van der Waals surface area (Å²) < 4.78 is 0. The molecule has 3 aromatic rings. The van der Waals surface area contributed by atoms with Gasteiger partial charge in [-0.05, 0) is 24.3 Å². The fourth-order valence-corrected chi connectivity index (χ4v) is 2.72. The molecule has 9 nitrogen and oxygen atoms in total. The standard InChI is InChI=1S/C18H9N5O4/c19-9-11-5-6-15(12(7-11)10-20)21-18-14-4-2-1-3-13(14)16(22(24)25)8-17(18)23(26)27/h1-8,21H. The highest BCUT2D eigenvalue weighted by Crippen LogP contribution is 2.41. The molecule has 0 bridgehead atoms. The van der Waals surface area contributed by atoms with Crippen LogP contribution >= 0.6 is 0 Å². The Balaban J connectivity index is 2.29. The summed E-state index contributed by atoms with van der Waals surface area (Å²) in [4.78, 5) is 21.4. The lowest BCUT2D eigenvalue weighted by molar-refractivity contribution is -0.392. The Morgan fingerprint density at radius 3 is 2.11 bits per heavy atom. The second kappa shape index (κ2) is 6.78. The Kier molecular flexibility index (Phi) is 4.35. The minimum atomic E-state index is -0.725. The number of hydrogen-bond acceptors (Lipinski definition) is 7. The molecule has 27 heavy (non-hydrogen) atoms. The minimum Gasteiger partial charge on any atom is -0.348 e. The zero-order chi connectivity index (χ0) is 19.6. The van der Waals surface area contributed by atoms with Crippen molar-refractivity contribution in [3.63, 3.8) is 0 Å². The van der Waals surface area contributed by atoms with Crippen molar-refractivity contribution >= 4 is 33.5 Å². The van der Waals surface area contributed by atoms with E-state index in [4.69, 9.17) is 5.26 Å². The van der Waals surface area contributed by atoms with Crippen LogP contribution in [0.5, 0.6) is 0 Å². The van der Waals surface area contributed by atoms with Gasteiger partial charge >= 0.3 is 0 Å². The first-order chi connectivity index (χ1) is 13.0. The Bertz CT molecular complexity index is 1190. The predicted molar refractivity (Wildman–Crippen MR) is 96.4 cm³/mol. The van der Waals surface area contributed by atoms with Crippen LogP contribution < -0.4 is 5.32 Å². The van der Waals surface area contributed by atoms with Crippen LogP contribution in [0.4, 0.5) is 22.7 Å². The van der Waals surface area contributed by atoms with Crippen molar-refractivity contribution in [1.29, 1.82) is 10.5 Å². The van der Waals surface area contributed by atoms with Gasteiger partial charge in [0, 0.05) is 5.39 Å². The lowest BCUT2D eigenvalue weighted by atomic mass is 10.0. The summed E-state index contributed by atoms with van der Waals surface area (Å²) in [7, 11) is 0. The molecular formula is C18H9N5O4. The summed E-state index contributed by atoms with van der Waals surface area (Å²) in [5, 5.41) is 44.4. The molecule has 1 N–H and O–H groups in total. The van der Waals surface area contributed by atoms with Gasteiger partial charge in [0.05, 0.1) is 44.2 Å². The summed E-state index contributed by atoms with van der Waals surface area (Å²) >= 11 is 0. The second-order valence-corrected chi connectivity index (χ2v) is 5.46. The van der Waals surface area contributed by atoms with E-state index in [-0.39, 0.29) is 39.0 Å². The molecule has 0 aliphatic carbocycles. The van der Waals surface area contributed by atoms with Crippen LogP contribution in [0, 0.1) is 42.9 Å². The molecular weight excluding hydrogens is 350 g/mol. The average Bonchev–Trinajstić information content (AvgIpc) is 2.67. The van der Waals surface area contributed by atoms with Gasteiger partial charge < -0.3 is 5.32 Å². The molecule has 0 atom stereocenters. The van der Waals surface area contributed by atoms with Crippen LogP contribution in [0.25, 0.3) is 10.8 Å². The molecule has 130 valence electrons. The van der Waals surface area contributed by atoms with Gasteiger partial charge in [0.15, 0.2) is 0 Å². The number of fused-ring (bicyclic) bond motifs is 1. The molecule has 0 heterocycles. The lowest BCUT2D eigenvalue weighted by Gasteiger charge is -2.12. The zero-order valence-electron chi connectivity index (χ0n) is 13.5. The van der Waals surface area contributed by atoms with Crippen molar-refractivity contribution in [2.75, 3.05) is 5.32 Å². The fraction of sp³-hybridized carbons (Fsp3) is 0. The van der Waals surface area contributed by atoms with E-state index in [1.165, 1.54) is 30.3 Å². The maximum Gasteiger partial charge on any atom is 0.300 e. The highest BCUT2D eigenvalue weighted by Gasteiger charge is 2.26. The quantitative estimate of drug-likeness (QED) is 0.544. The number of nitro benzene ring substituents is 2. The van der Waals surface area contributed by atoms with Crippen LogP contribution in [0.2, 0.25) is 0 Å². The van der Waals surface area contributed by atoms with Crippen molar-refractivity contribution < 1.29 is 9.85 Å². The lowest BCUT2D eigenvalue weighted by Crippen LogP contribution is -2.02. The average molecular weight is 359 g/mol. The number of anilines is 2. The molecule has 0 aliphatic rings. The molecule has 0 fully saturated rings. The smallest absolute Gasteiger partial charge is 0.300 e. The highest BCUT2D eigenvalue weighted by atomic mass is 16.6. The van der Waals surface area contributed by atoms with Gasteiger partial charge in [-0.3, -0.25) is 20.2 Å². The third-order valence-corrected chi connectivity index (χ3v) is 3.92. The van der Waals surface area contributed by atoms with Gasteiger partial charge in [-0.1, -0.05) is 18.2 Å². The predicted octanol–water partition coefficient (Wildman–Crippen LogP) is 4.14.